The standard InChI is InChI=1S/C29H36NO5SSi.C5H5.Fe/c1-9-16-34-28(32)24-25(20-14-15-21(22(17-20)33-6)19-12-10-11-13-19)36-27-23(26(31)30(24)27)18(2)35-37(7,8)29(3,4)5;1-2-4-5-3-1;/h9-15,17-18,23,27H,1,16H2,2-8H3;1-5H;/q;;+2/t18-,23+,27-;;/m1../s1. The molecule has 4 aliphatic rings. The number of thioether (sulfide) groups is 1. The molecule has 0 bridgehead atoms. The number of methoxy groups -OCH3 is 1. The van der Waals surface area contributed by atoms with Gasteiger partial charge in [-0.05, 0) is 94.5 Å². The monoisotopic (exact) mass is 659 g/mol. The number of β-lactam (4-membered cyclic amide) rings is 1. The van der Waals surface area contributed by atoms with E-state index in [9.17, 15) is 9.59 Å². The molecule has 9 heteroatoms. The fourth-order valence-electron chi connectivity index (χ4n) is 4.83. The third-order valence-electron chi connectivity index (χ3n) is 8.09. The molecule has 1 saturated heterocycles. The first-order chi connectivity index (χ1) is 19.9. The van der Waals surface area contributed by atoms with Gasteiger partial charge in [-0.1, -0.05) is 57.3 Å². The molecule has 228 valence electrons. The van der Waals surface area contributed by atoms with Gasteiger partial charge in [-0.3, -0.25) is 9.69 Å². The molecular weight excluding hydrogens is 618 g/mol. The van der Waals surface area contributed by atoms with Gasteiger partial charge in [0.25, 0.3) is 0 Å². The van der Waals surface area contributed by atoms with Crippen molar-refractivity contribution in [2.75, 3.05) is 13.7 Å². The van der Waals surface area contributed by atoms with Gasteiger partial charge in [0.05, 0.1) is 19.1 Å². The van der Waals surface area contributed by atoms with Crippen molar-refractivity contribution in [1.29, 1.82) is 0 Å². The van der Waals surface area contributed by atoms with Crippen LogP contribution < -0.4 is 4.74 Å². The van der Waals surface area contributed by atoms with E-state index in [0.717, 1.165) is 17.0 Å². The van der Waals surface area contributed by atoms with E-state index in [1.807, 2.05) is 82.9 Å². The number of hydrogen-bond acceptors (Lipinski definition) is 6. The number of fused-ring (bicyclic) bond motifs is 1. The van der Waals surface area contributed by atoms with Crippen molar-refractivity contribution in [2.45, 2.75) is 57.3 Å². The molecule has 1 amide bonds. The molecule has 2 aliphatic carbocycles. The summed E-state index contributed by atoms with van der Waals surface area (Å²) in [5.41, 5.74) is 2.05. The van der Waals surface area contributed by atoms with Gasteiger partial charge in [0.15, 0.2) is 8.32 Å². The van der Waals surface area contributed by atoms with Crippen molar-refractivity contribution in [3.8, 4) is 5.75 Å². The van der Waals surface area contributed by atoms with Gasteiger partial charge in [-0.15, -0.1) is 0 Å². The zero-order chi connectivity index (χ0) is 30.7. The average Bonchev–Trinajstić information content (AvgIpc) is 3.72. The summed E-state index contributed by atoms with van der Waals surface area (Å²) in [7, 11) is -0.449. The van der Waals surface area contributed by atoms with Crippen molar-refractivity contribution < 1.29 is 40.6 Å². The Kier molecular flexibility index (Phi) is 12.7. The second kappa shape index (κ2) is 15.2. The van der Waals surface area contributed by atoms with Gasteiger partial charge in [0.1, 0.15) is 23.4 Å². The average molecular weight is 660 g/mol. The van der Waals surface area contributed by atoms with Crippen LogP contribution in [0.3, 0.4) is 0 Å². The molecule has 0 spiro atoms. The van der Waals surface area contributed by atoms with Crippen LogP contribution in [0.2, 0.25) is 18.1 Å². The summed E-state index contributed by atoms with van der Waals surface area (Å²) in [5, 5.41) is -0.200. The Morgan fingerprint density at radius 3 is 2.23 bits per heavy atom. The minimum atomic E-state index is -2.08. The minimum absolute atomic E-state index is 0. The maximum Gasteiger partial charge on any atom is 2.00 e. The van der Waals surface area contributed by atoms with Gasteiger partial charge in [-0.2, -0.15) is 0 Å². The number of carbonyl (C=O) groups is 2. The number of nitrogens with zero attached hydrogens (tertiary/aromatic N) is 1. The van der Waals surface area contributed by atoms with Crippen LogP contribution in [-0.4, -0.2) is 50.3 Å². The molecule has 6 nitrogen and oxygen atoms in total. The molecule has 2 saturated carbocycles. The van der Waals surface area contributed by atoms with Gasteiger partial charge >= 0.3 is 23.0 Å². The Morgan fingerprint density at radius 1 is 1.09 bits per heavy atom. The molecule has 10 radical (unpaired) electrons. The van der Waals surface area contributed by atoms with Gasteiger partial charge < -0.3 is 13.9 Å². The maximum atomic E-state index is 13.5. The van der Waals surface area contributed by atoms with Crippen molar-refractivity contribution in [2.24, 2.45) is 5.92 Å². The quantitative estimate of drug-likeness (QED) is 0.126. The van der Waals surface area contributed by atoms with Crippen LogP contribution >= 0.6 is 11.8 Å². The Morgan fingerprint density at radius 2 is 1.70 bits per heavy atom. The van der Waals surface area contributed by atoms with Crippen molar-refractivity contribution in [3.05, 3.63) is 111 Å². The molecule has 3 atom stereocenters. The number of carbonyl (C=O) groups excluding carboxylic acids is 2. The first-order valence-electron chi connectivity index (χ1n) is 14.2. The van der Waals surface area contributed by atoms with Crippen LogP contribution in [0.25, 0.3) is 4.91 Å². The van der Waals surface area contributed by atoms with Gasteiger partial charge in [-0.25, -0.2) is 4.79 Å². The first-order valence-corrected chi connectivity index (χ1v) is 18.0. The van der Waals surface area contributed by atoms with E-state index in [1.165, 1.54) is 17.8 Å². The van der Waals surface area contributed by atoms with Gasteiger partial charge in [0.2, 0.25) is 5.91 Å². The molecule has 1 aromatic carbocycles. The van der Waals surface area contributed by atoms with E-state index < -0.39 is 14.3 Å². The Bertz CT molecular complexity index is 1180. The summed E-state index contributed by atoms with van der Waals surface area (Å²) in [5.74, 6) is 0.766. The summed E-state index contributed by atoms with van der Waals surface area (Å²) in [4.78, 5) is 28.9. The smallest absolute Gasteiger partial charge is 0.496 e. The van der Waals surface area contributed by atoms with E-state index in [2.05, 4.69) is 40.4 Å². The number of benzene rings is 1. The summed E-state index contributed by atoms with van der Waals surface area (Å²) in [6.45, 7) is 16.6. The molecule has 3 fully saturated rings. The predicted molar refractivity (Wildman–Crippen MR) is 172 cm³/mol. The number of rotatable bonds is 9. The molecule has 5 rings (SSSR count). The SMILES string of the molecule is C=CCOC(=O)C1=C(c2ccc([C]3[CH][CH][CH][CH]3)c(OC)c2)S[C@@H]2[C@@H]([C@@H](C)O[Si](C)(C)C(C)(C)C)C(=O)N12.[CH]1[CH][CH][CH][CH]1.[Fe+2]. The molecule has 43 heavy (non-hydrogen) atoms. The molecule has 0 N–H and O–H groups in total. The number of hydrogen-bond donors (Lipinski definition) is 0. The molecule has 1 aromatic rings. The van der Waals surface area contributed by atoms with E-state index in [-0.39, 0.29) is 57.7 Å². The normalized spacial score (nSPS) is 22.7. The molecule has 2 heterocycles. The Hall–Kier alpha value is -1.51. The number of ether oxygens (including phenoxy) is 2. The predicted octanol–water partition coefficient (Wildman–Crippen LogP) is 6.81. The second-order valence-corrected chi connectivity index (χ2v) is 17.8. The number of esters is 1. The van der Waals surface area contributed by atoms with Crippen LogP contribution in [0.15, 0.2) is 36.6 Å². The third-order valence-corrected chi connectivity index (χ3v) is 14.1. The summed E-state index contributed by atoms with van der Waals surface area (Å²) in [6, 6.07) is 5.88. The summed E-state index contributed by atoms with van der Waals surface area (Å²) in [6.07, 6.45) is 19.3. The zero-order valence-electron chi connectivity index (χ0n) is 25.9. The van der Waals surface area contributed by atoms with E-state index >= 15 is 0 Å². The fraction of sp³-hybridized carbons (Fsp3) is 0.353. The van der Waals surface area contributed by atoms with Crippen LogP contribution in [0.1, 0.15) is 38.8 Å². The van der Waals surface area contributed by atoms with Crippen molar-refractivity contribution >= 4 is 36.9 Å². The van der Waals surface area contributed by atoms with Crippen LogP contribution in [0.4, 0.5) is 0 Å². The first kappa shape index (κ1) is 36.0. The van der Waals surface area contributed by atoms with Crippen LogP contribution in [0.5, 0.6) is 5.75 Å². The van der Waals surface area contributed by atoms with E-state index in [0.29, 0.717) is 10.7 Å². The molecule has 0 aromatic heterocycles. The van der Waals surface area contributed by atoms with Crippen molar-refractivity contribution in [3.63, 3.8) is 0 Å². The largest absolute Gasteiger partial charge is 2.00 e. The van der Waals surface area contributed by atoms with Crippen LogP contribution in [0, 0.1) is 69.6 Å². The second-order valence-electron chi connectivity index (χ2n) is 11.9. The Labute approximate surface area is 275 Å². The molecule has 2 aliphatic heterocycles. The Balaban J connectivity index is 0.000000765. The summed E-state index contributed by atoms with van der Waals surface area (Å²) < 4.78 is 17.7. The summed E-state index contributed by atoms with van der Waals surface area (Å²) >= 11 is 1.52. The molecular formula is C34H41FeNO5SSi+2. The maximum absolute atomic E-state index is 13.5. The zero-order valence-corrected chi connectivity index (χ0v) is 28.8. The fourth-order valence-corrected chi connectivity index (χ4v) is 7.85. The van der Waals surface area contributed by atoms with E-state index in [4.69, 9.17) is 13.9 Å². The number of amides is 1. The van der Waals surface area contributed by atoms with Gasteiger partial charge in [0, 0.05) is 16.4 Å². The minimum Gasteiger partial charge on any atom is -0.496 e. The topological polar surface area (TPSA) is 65.1 Å². The van der Waals surface area contributed by atoms with Crippen molar-refractivity contribution in [1.82, 2.24) is 4.90 Å². The molecule has 0 unspecified atom stereocenters. The third kappa shape index (κ3) is 7.84. The van der Waals surface area contributed by atoms with E-state index in [1.54, 1.807) is 12.0 Å². The van der Waals surface area contributed by atoms with Crippen LogP contribution in [-0.2, 0) is 35.8 Å².